The predicted molar refractivity (Wildman–Crippen MR) is 241 cm³/mol. The van der Waals surface area contributed by atoms with Gasteiger partial charge in [0.2, 0.25) is 0 Å². The summed E-state index contributed by atoms with van der Waals surface area (Å²) in [6.45, 7) is 0. The van der Waals surface area contributed by atoms with Crippen LogP contribution < -0.4 is 0 Å². The lowest BCUT2D eigenvalue weighted by Crippen LogP contribution is -2.65. The normalized spacial score (nSPS) is 53.1. The smallest absolute Gasteiger partial charge is 0.0132 e. The van der Waals surface area contributed by atoms with Gasteiger partial charge in [-0.2, -0.15) is 0 Å². The summed E-state index contributed by atoms with van der Waals surface area (Å²) in [6.07, 6.45) is 56.9. The Bertz CT molecular complexity index is 1200. The molecule has 0 amide bonds. The third-order valence-corrected chi connectivity index (χ3v) is 23.4. The zero-order valence-corrected chi connectivity index (χ0v) is 37.9. The Morgan fingerprint density at radius 2 is 0.466 bits per heavy atom. The van der Waals surface area contributed by atoms with Gasteiger partial charge in [-0.1, -0.05) is 103 Å². The van der Waals surface area contributed by atoms with E-state index in [9.17, 15) is 0 Å². The van der Waals surface area contributed by atoms with Gasteiger partial charge in [-0.05, 0) is 211 Å². The van der Waals surface area contributed by atoms with E-state index in [4.69, 9.17) is 0 Å². The van der Waals surface area contributed by atoms with Crippen molar-refractivity contribution in [3.63, 3.8) is 0 Å². The van der Waals surface area contributed by atoms with Gasteiger partial charge < -0.3 is 0 Å². The summed E-state index contributed by atoms with van der Waals surface area (Å²) >= 11 is 0. The van der Waals surface area contributed by atoms with Crippen molar-refractivity contribution in [2.24, 2.45) is 82.9 Å². The highest BCUT2D eigenvalue weighted by molar-refractivity contribution is 5.11. The van der Waals surface area contributed by atoms with Crippen LogP contribution in [0.25, 0.3) is 0 Å². The standard InChI is InChI=1S/C56H92N2/c1-5-13-43-33-47(25-17-37(43)9-1)57(48-26-18-38-10-2-6-14-44(38)34-48)53-31-23-41-22-30-52-54(32-24-42-21-29-51(53)55(41)56(42)52)58(49-27-19-39-11-3-7-15-45(39)35-49)50-28-20-40-12-4-8-16-46(40)36-50/h37-56H,1-36H2. The second-order valence-corrected chi connectivity index (χ2v) is 25.4. The van der Waals surface area contributed by atoms with Gasteiger partial charge in [-0.15, -0.1) is 0 Å². The first-order chi connectivity index (χ1) is 28.7. The molecule has 0 aromatic rings. The Labute approximate surface area is 358 Å². The van der Waals surface area contributed by atoms with Gasteiger partial charge in [0.25, 0.3) is 0 Å². The molecule has 2 heteroatoms. The van der Waals surface area contributed by atoms with Crippen molar-refractivity contribution in [2.45, 2.75) is 267 Å². The Balaban J connectivity index is 0.841. The van der Waals surface area contributed by atoms with Crippen LogP contribution >= 0.6 is 0 Å². The van der Waals surface area contributed by atoms with Crippen LogP contribution in [0.5, 0.6) is 0 Å². The second kappa shape index (κ2) is 17.1. The Hall–Kier alpha value is -0.0800. The molecule has 58 heavy (non-hydrogen) atoms. The van der Waals surface area contributed by atoms with Crippen LogP contribution in [-0.4, -0.2) is 46.1 Å². The molecule has 12 saturated carbocycles. The zero-order valence-electron chi connectivity index (χ0n) is 37.9. The average molecular weight is 793 g/mol. The summed E-state index contributed by atoms with van der Waals surface area (Å²) in [5.41, 5.74) is 0. The molecular formula is C56H92N2. The quantitative estimate of drug-likeness (QED) is 0.264. The van der Waals surface area contributed by atoms with Crippen molar-refractivity contribution in [1.29, 1.82) is 0 Å². The predicted octanol–water partition coefficient (Wildman–Crippen LogP) is 14.6. The lowest BCUT2D eigenvalue weighted by Gasteiger charge is -2.65. The SMILES string of the molecule is C1CCC2CC(N(C3CCC4CCCCC4C3)C3CCC4CCC5C6C(CCC3C46)CCC5N(C3CCC4CCCCC4C3)C3CCC4CCCCC4C3)CCC2C1. The molecule has 0 saturated heterocycles. The molecule has 0 bridgehead atoms. The van der Waals surface area contributed by atoms with E-state index in [1.807, 2.05) is 0 Å². The molecule has 0 aromatic heterocycles. The van der Waals surface area contributed by atoms with Gasteiger partial charge in [0.1, 0.15) is 0 Å². The van der Waals surface area contributed by atoms with E-state index in [0.717, 1.165) is 119 Å². The molecule has 2 nitrogen and oxygen atoms in total. The van der Waals surface area contributed by atoms with Crippen LogP contribution in [-0.2, 0) is 0 Å². The summed E-state index contributed by atoms with van der Waals surface area (Å²) in [4.78, 5) is 7.05. The van der Waals surface area contributed by atoms with Crippen LogP contribution in [0.2, 0.25) is 0 Å². The Morgan fingerprint density at radius 1 is 0.207 bits per heavy atom. The van der Waals surface area contributed by atoms with Gasteiger partial charge in [-0.3, -0.25) is 9.80 Å². The van der Waals surface area contributed by atoms with Crippen LogP contribution in [0.15, 0.2) is 0 Å². The number of hydrogen-bond acceptors (Lipinski definition) is 2. The molecule has 326 valence electrons. The molecule has 0 aliphatic heterocycles. The molecule has 0 radical (unpaired) electrons. The maximum absolute atomic E-state index is 3.53. The molecule has 0 spiro atoms. The maximum atomic E-state index is 3.53. The third-order valence-electron chi connectivity index (χ3n) is 23.4. The highest BCUT2D eigenvalue weighted by atomic mass is 15.2. The van der Waals surface area contributed by atoms with E-state index < -0.39 is 0 Å². The van der Waals surface area contributed by atoms with Crippen molar-refractivity contribution in [3.05, 3.63) is 0 Å². The number of hydrogen-bond donors (Lipinski definition) is 0. The van der Waals surface area contributed by atoms with Gasteiger partial charge in [0, 0.05) is 36.3 Å². The van der Waals surface area contributed by atoms with Crippen LogP contribution in [0.4, 0.5) is 0 Å². The molecule has 12 fully saturated rings. The highest BCUT2D eigenvalue weighted by Crippen LogP contribution is 2.63. The molecule has 12 aliphatic rings. The fourth-order valence-corrected chi connectivity index (χ4v) is 21.1. The largest absolute Gasteiger partial charge is 0.294 e. The van der Waals surface area contributed by atoms with Crippen molar-refractivity contribution < 1.29 is 0 Å². The van der Waals surface area contributed by atoms with Gasteiger partial charge in [0.05, 0.1) is 0 Å². The van der Waals surface area contributed by atoms with Crippen LogP contribution in [0, 0.1) is 82.9 Å². The summed E-state index contributed by atoms with van der Waals surface area (Å²) in [5.74, 6) is 15.1. The first-order valence-electron chi connectivity index (χ1n) is 28.3. The van der Waals surface area contributed by atoms with E-state index in [1.54, 1.807) is 231 Å². The Kier molecular flexibility index (Phi) is 11.7. The first kappa shape index (κ1) is 39.5. The fourth-order valence-electron chi connectivity index (χ4n) is 21.1. The minimum atomic E-state index is 0.933. The van der Waals surface area contributed by atoms with E-state index in [2.05, 4.69) is 9.80 Å². The number of rotatable bonds is 6. The third kappa shape index (κ3) is 7.31. The molecule has 12 aliphatic carbocycles. The molecule has 0 N–H and O–H groups in total. The number of nitrogens with zero attached hydrogens (tertiary/aromatic N) is 2. The van der Waals surface area contributed by atoms with E-state index in [1.165, 1.54) is 0 Å². The zero-order chi connectivity index (χ0) is 38.2. The van der Waals surface area contributed by atoms with Crippen LogP contribution in [0.1, 0.15) is 231 Å². The van der Waals surface area contributed by atoms with Gasteiger partial charge in [-0.25, -0.2) is 0 Å². The Morgan fingerprint density at radius 3 is 0.776 bits per heavy atom. The van der Waals surface area contributed by atoms with Crippen LogP contribution in [0.3, 0.4) is 0 Å². The topological polar surface area (TPSA) is 6.48 Å². The summed E-state index contributed by atoms with van der Waals surface area (Å²) in [7, 11) is 0. The van der Waals surface area contributed by atoms with Crippen molar-refractivity contribution >= 4 is 0 Å². The maximum Gasteiger partial charge on any atom is 0.0132 e. The van der Waals surface area contributed by atoms with Crippen molar-refractivity contribution in [3.8, 4) is 0 Å². The van der Waals surface area contributed by atoms with E-state index in [0.29, 0.717) is 0 Å². The molecule has 0 aromatic carbocycles. The highest BCUT2D eigenvalue weighted by Gasteiger charge is 2.59. The number of fused-ring (bicyclic) bond motifs is 4. The summed E-state index contributed by atoms with van der Waals surface area (Å²) in [6, 6.07) is 5.61. The molecule has 12 rings (SSSR count). The van der Waals surface area contributed by atoms with Crippen molar-refractivity contribution in [2.75, 3.05) is 0 Å². The van der Waals surface area contributed by atoms with Crippen molar-refractivity contribution in [1.82, 2.24) is 9.80 Å². The molecule has 0 heterocycles. The van der Waals surface area contributed by atoms with E-state index in [-0.39, 0.29) is 0 Å². The first-order valence-corrected chi connectivity index (χ1v) is 28.3. The molecule has 20 atom stereocenters. The second-order valence-electron chi connectivity index (χ2n) is 25.4. The summed E-state index contributed by atoms with van der Waals surface area (Å²) in [5, 5.41) is 0. The van der Waals surface area contributed by atoms with Gasteiger partial charge >= 0.3 is 0 Å². The fraction of sp³-hybridized carbons (Fsp3) is 1.00. The minimum absolute atomic E-state index is 0.933. The average Bonchev–Trinajstić information content (AvgIpc) is 3.29. The summed E-state index contributed by atoms with van der Waals surface area (Å²) < 4.78 is 0. The lowest BCUT2D eigenvalue weighted by molar-refractivity contribution is -0.155. The van der Waals surface area contributed by atoms with Gasteiger partial charge in [0.15, 0.2) is 0 Å². The van der Waals surface area contributed by atoms with E-state index >= 15 is 0 Å². The monoisotopic (exact) mass is 793 g/mol. The lowest BCUT2D eigenvalue weighted by atomic mass is 9.46. The molecular weight excluding hydrogens is 701 g/mol. The molecule has 20 unspecified atom stereocenters. The minimum Gasteiger partial charge on any atom is -0.294 e.